The SMILES string of the molecule is COC(=O)C[C@@H](N)c1ccccc1.Cl.O=S(Cl)Cl. The molecule has 2 N–H and O–H groups in total. The minimum absolute atomic E-state index is 0. The lowest BCUT2D eigenvalue weighted by Crippen LogP contribution is -2.16. The summed E-state index contributed by atoms with van der Waals surface area (Å²) in [6.45, 7) is 0. The molecule has 1 atom stereocenters. The van der Waals surface area contributed by atoms with Gasteiger partial charge in [-0.2, -0.15) is 0 Å². The Bertz CT molecular complexity index is 361. The van der Waals surface area contributed by atoms with Crippen molar-refractivity contribution in [3.8, 4) is 0 Å². The molecule has 1 rings (SSSR count). The van der Waals surface area contributed by atoms with Gasteiger partial charge in [0.15, 0.2) is 0 Å². The van der Waals surface area contributed by atoms with E-state index in [0.29, 0.717) is 0 Å². The molecule has 8 heteroatoms. The summed E-state index contributed by atoms with van der Waals surface area (Å²) in [5.41, 5.74) is 6.72. The molecule has 0 amide bonds. The van der Waals surface area contributed by atoms with Crippen LogP contribution in [0.4, 0.5) is 0 Å². The second-order valence-corrected chi connectivity index (χ2v) is 5.51. The number of halogens is 3. The number of carbonyl (C=O) groups is 1. The second-order valence-electron chi connectivity index (χ2n) is 2.98. The second kappa shape index (κ2) is 11.7. The molecular formula is C10H14Cl3NO3S. The molecule has 18 heavy (non-hydrogen) atoms. The van der Waals surface area contributed by atoms with E-state index in [0.717, 1.165) is 5.56 Å². The van der Waals surface area contributed by atoms with E-state index in [1.807, 2.05) is 30.3 Å². The molecule has 0 unspecified atom stereocenters. The molecule has 0 aliphatic rings. The molecule has 0 heterocycles. The summed E-state index contributed by atoms with van der Waals surface area (Å²) in [4.78, 5) is 10.9. The standard InChI is InChI=1S/C10H13NO2.Cl2OS.ClH/c1-13-10(12)7-9(11)8-5-3-2-4-6-8;1-4(2)3;/h2-6,9H,7,11H2,1H3;;1H/t9-;;/m1../s1. The van der Waals surface area contributed by atoms with Gasteiger partial charge in [-0.25, -0.2) is 4.21 Å². The maximum absolute atomic E-state index is 10.9. The molecule has 4 nitrogen and oxygen atoms in total. The van der Waals surface area contributed by atoms with Crippen molar-refractivity contribution >= 4 is 49.0 Å². The van der Waals surface area contributed by atoms with Gasteiger partial charge < -0.3 is 10.5 Å². The normalized spacial score (nSPS) is 10.7. The Morgan fingerprint density at radius 2 is 1.83 bits per heavy atom. The van der Waals surface area contributed by atoms with E-state index in [-0.39, 0.29) is 30.8 Å². The first kappa shape index (κ1) is 20.0. The van der Waals surface area contributed by atoms with Gasteiger partial charge in [-0.3, -0.25) is 4.79 Å². The molecule has 0 bridgehead atoms. The van der Waals surface area contributed by atoms with Gasteiger partial charge in [0.2, 0.25) is 9.23 Å². The zero-order chi connectivity index (χ0) is 13.3. The molecule has 0 saturated carbocycles. The number of ether oxygens (including phenoxy) is 1. The van der Waals surface area contributed by atoms with Crippen molar-refractivity contribution in [2.75, 3.05) is 7.11 Å². The van der Waals surface area contributed by atoms with Gasteiger partial charge in [0, 0.05) is 27.4 Å². The highest BCUT2D eigenvalue weighted by Crippen LogP contribution is 2.13. The van der Waals surface area contributed by atoms with Crippen LogP contribution in [0.25, 0.3) is 0 Å². The number of benzene rings is 1. The minimum atomic E-state index is -1.67. The Kier molecular flexibility index (Phi) is 13.0. The van der Waals surface area contributed by atoms with Crippen molar-refractivity contribution < 1.29 is 13.7 Å². The Hall–Kier alpha value is -0.330. The first-order chi connectivity index (χ1) is 7.97. The summed E-state index contributed by atoms with van der Waals surface area (Å²) in [5, 5.41) is 0. The van der Waals surface area contributed by atoms with Crippen LogP contribution in [0.3, 0.4) is 0 Å². The molecule has 0 aromatic heterocycles. The Morgan fingerprint density at radius 1 is 1.39 bits per heavy atom. The summed E-state index contributed by atoms with van der Waals surface area (Å²) in [6, 6.07) is 9.22. The first-order valence-corrected chi connectivity index (χ1v) is 7.39. The number of carbonyl (C=O) groups excluding carboxylic acids is 1. The maximum Gasteiger partial charge on any atom is 0.307 e. The molecule has 0 spiro atoms. The van der Waals surface area contributed by atoms with E-state index in [2.05, 4.69) is 26.1 Å². The number of hydrogen-bond acceptors (Lipinski definition) is 4. The summed E-state index contributed by atoms with van der Waals surface area (Å²) in [7, 11) is 8.72. The van der Waals surface area contributed by atoms with E-state index in [4.69, 9.17) is 9.94 Å². The average Bonchev–Trinajstić information content (AvgIpc) is 2.29. The highest BCUT2D eigenvalue weighted by Gasteiger charge is 2.10. The number of rotatable bonds is 3. The van der Waals surface area contributed by atoms with Crippen LogP contribution in [0.2, 0.25) is 0 Å². The number of hydrogen-bond donors (Lipinski definition) is 1. The first-order valence-electron chi connectivity index (χ1n) is 4.59. The van der Waals surface area contributed by atoms with Crippen molar-refractivity contribution in [3.05, 3.63) is 35.9 Å². The monoisotopic (exact) mass is 333 g/mol. The van der Waals surface area contributed by atoms with Gasteiger partial charge in [0.1, 0.15) is 0 Å². The van der Waals surface area contributed by atoms with Crippen molar-refractivity contribution in [2.24, 2.45) is 5.73 Å². The molecule has 0 aliphatic heterocycles. The average molecular weight is 335 g/mol. The van der Waals surface area contributed by atoms with Crippen LogP contribution in [0.5, 0.6) is 0 Å². The highest BCUT2D eigenvalue weighted by atomic mass is 36.0. The predicted molar refractivity (Wildman–Crippen MR) is 77.1 cm³/mol. The summed E-state index contributed by atoms with van der Waals surface area (Å²) < 4.78 is 13.6. The lowest BCUT2D eigenvalue weighted by Gasteiger charge is -2.09. The van der Waals surface area contributed by atoms with Gasteiger partial charge in [0.25, 0.3) is 0 Å². The van der Waals surface area contributed by atoms with E-state index in [1.54, 1.807) is 0 Å². The van der Waals surface area contributed by atoms with Gasteiger partial charge in [0.05, 0.1) is 13.5 Å². The molecule has 1 aromatic rings. The molecular weight excluding hydrogens is 321 g/mol. The smallest absolute Gasteiger partial charge is 0.307 e. The zero-order valence-electron chi connectivity index (χ0n) is 9.55. The van der Waals surface area contributed by atoms with Crippen LogP contribution >= 0.6 is 33.8 Å². The largest absolute Gasteiger partial charge is 0.469 e. The lowest BCUT2D eigenvalue weighted by molar-refractivity contribution is -0.141. The summed E-state index contributed by atoms with van der Waals surface area (Å²) in [5.74, 6) is -0.281. The molecule has 0 fully saturated rings. The van der Waals surface area contributed by atoms with Gasteiger partial charge in [-0.1, -0.05) is 30.3 Å². The Balaban J connectivity index is 0. The number of esters is 1. The van der Waals surface area contributed by atoms with Crippen LogP contribution in [-0.4, -0.2) is 17.3 Å². The predicted octanol–water partition coefficient (Wildman–Crippen LogP) is 2.71. The molecule has 0 aliphatic carbocycles. The van der Waals surface area contributed by atoms with Crippen molar-refractivity contribution in [3.63, 3.8) is 0 Å². The van der Waals surface area contributed by atoms with Crippen LogP contribution in [0, 0.1) is 0 Å². The molecule has 0 radical (unpaired) electrons. The highest BCUT2D eigenvalue weighted by molar-refractivity contribution is 8.26. The zero-order valence-corrected chi connectivity index (χ0v) is 12.7. The maximum atomic E-state index is 10.9. The van der Waals surface area contributed by atoms with Gasteiger partial charge in [-0.15, -0.1) is 12.4 Å². The van der Waals surface area contributed by atoms with Crippen molar-refractivity contribution in [1.82, 2.24) is 0 Å². The summed E-state index contributed by atoms with van der Waals surface area (Å²) >= 11 is 0. The molecule has 1 aromatic carbocycles. The fourth-order valence-corrected chi connectivity index (χ4v) is 1.08. The van der Waals surface area contributed by atoms with E-state index in [1.165, 1.54) is 7.11 Å². The Morgan fingerprint density at radius 3 is 2.22 bits per heavy atom. The van der Waals surface area contributed by atoms with Crippen LogP contribution in [0.15, 0.2) is 30.3 Å². The van der Waals surface area contributed by atoms with Crippen LogP contribution in [0.1, 0.15) is 18.0 Å². The van der Waals surface area contributed by atoms with E-state index < -0.39 is 9.23 Å². The Labute approximate surface area is 124 Å². The molecule has 0 saturated heterocycles. The van der Waals surface area contributed by atoms with Gasteiger partial charge in [-0.05, 0) is 5.56 Å². The van der Waals surface area contributed by atoms with E-state index in [9.17, 15) is 4.79 Å². The van der Waals surface area contributed by atoms with Crippen LogP contribution in [-0.2, 0) is 18.8 Å². The fourth-order valence-electron chi connectivity index (χ4n) is 1.08. The third kappa shape index (κ3) is 10.8. The third-order valence-corrected chi connectivity index (χ3v) is 1.84. The molecule has 104 valence electrons. The van der Waals surface area contributed by atoms with Gasteiger partial charge >= 0.3 is 5.97 Å². The van der Waals surface area contributed by atoms with Crippen molar-refractivity contribution in [2.45, 2.75) is 12.5 Å². The van der Waals surface area contributed by atoms with E-state index >= 15 is 0 Å². The lowest BCUT2D eigenvalue weighted by atomic mass is 10.1. The fraction of sp³-hybridized carbons (Fsp3) is 0.300. The van der Waals surface area contributed by atoms with Crippen LogP contribution < -0.4 is 5.73 Å². The topological polar surface area (TPSA) is 69.4 Å². The third-order valence-electron chi connectivity index (χ3n) is 1.84. The number of methoxy groups -OCH3 is 1. The summed E-state index contributed by atoms with van der Waals surface area (Å²) in [6.07, 6.45) is 0.223. The quantitative estimate of drug-likeness (QED) is 0.681. The van der Waals surface area contributed by atoms with Crippen molar-refractivity contribution in [1.29, 1.82) is 0 Å². The minimum Gasteiger partial charge on any atom is -0.469 e. The number of nitrogens with two attached hydrogens (primary N) is 1.